The van der Waals surface area contributed by atoms with E-state index in [0.717, 1.165) is 0 Å². The van der Waals surface area contributed by atoms with Crippen molar-refractivity contribution in [1.82, 2.24) is 0 Å². The van der Waals surface area contributed by atoms with E-state index in [1.807, 2.05) is 0 Å². The van der Waals surface area contributed by atoms with Crippen LogP contribution in [-0.4, -0.2) is 23.7 Å². The molecule has 0 heterocycles. The van der Waals surface area contributed by atoms with Gasteiger partial charge in [-0.05, 0) is 48.5 Å². The summed E-state index contributed by atoms with van der Waals surface area (Å²) in [4.78, 5) is 24.6. The number of ketones is 1. The average molecular weight is 352 g/mol. The highest BCUT2D eigenvalue weighted by molar-refractivity contribution is 6.30. The first-order chi connectivity index (χ1) is 11.0. The number of carbonyl (C=O) groups excluding carboxylic acids is 2. The van der Waals surface area contributed by atoms with Gasteiger partial charge in [0.05, 0.1) is 5.56 Å². The minimum atomic E-state index is -0.946. The van der Waals surface area contributed by atoms with Crippen LogP contribution in [0.25, 0.3) is 0 Å². The largest absolute Gasteiger partial charge is 0.450 e. The van der Waals surface area contributed by atoms with Crippen molar-refractivity contribution in [3.8, 4) is 0 Å². The lowest BCUT2D eigenvalue weighted by molar-refractivity contribution is 0.0278. The van der Waals surface area contributed by atoms with E-state index in [-0.39, 0.29) is 18.1 Å². The van der Waals surface area contributed by atoms with Crippen molar-refractivity contribution in [3.05, 3.63) is 64.7 Å². The van der Waals surface area contributed by atoms with E-state index in [4.69, 9.17) is 33.7 Å². The minimum absolute atomic E-state index is 0.193. The molecule has 2 N–H and O–H groups in total. The number of hydrogen-bond donors (Lipinski definition) is 1. The van der Waals surface area contributed by atoms with Gasteiger partial charge in [-0.25, -0.2) is 4.79 Å². The highest BCUT2D eigenvalue weighted by Gasteiger charge is 2.24. The van der Waals surface area contributed by atoms with E-state index in [0.29, 0.717) is 21.8 Å². The third-order valence-electron chi connectivity index (χ3n) is 3.19. The number of carbonyl (C=O) groups is 2. The molecule has 0 radical (unpaired) electrons. The Morgan fingerprint density at radius 3 is 2.13 bits per heavy atom. The molecule has 0 unspecified atom stereocenters. The summed E-state index contributed by atoms with van der Waals surface area (Å²) in [5.41, 5.74) is 6.85. The van der Waals surface area contributed by atoms with Crippen molar-refractivity contribution in [3.63, 3.8) is 0 Å². The Hall–Kier alpha value is -2.04. The summed E-state index contributed by atoms with van der Waals surface area (Å²) in [5, 5.41) is 0.523. The van der Waals surface area contributed by atoms with Crippen LogP contribution in [0.3, 0.4) is 0 Å². The quantitative estimate of drug-likeness (QED) is 0.370. The van der Waals surface area contributed by atoms with Crippen molar-refractivity contribution in [2.24, 2.45) is 0 Å². The van der Waals surface area contributed by atoms with E-state index in [9.17, 15) is 9.59 Å². The maximum absolute atomic E-state index is 12.5. The third-order valence-corrected chi connectivity index (χ3v) is 3.66. The minimum Gasteiger partial charge on any atom is -0.450 e. The second-order valence-corrected chi connectivity index (χ2v) is 5.68. The van der Waals surface area contributed by atoms with Crippen molar-refractivity contribution in [1.29, 1.82) is 0 Å². The number of halogens is 2. The van der Waals surface area contributed by atoms with E-state index >= 15 is 0 Å². The molecule has 0 aliphatic carbocycles. The first-order valence-electron chi connectivity index (χ1n) is 6.93. The highest BCUT2D eigenvalue weighted by Crippen LogP contribution is 2.16. The van der Waals surface area contributed by atoms with Crippen molar-refractivity contribution >= 4 is 40.6 Å². The zero-order valence-corrected chi connectivity index (χ0v) is 13.7. The maximum atomic E-state index is 12.5. The summed E-state index contributed by atoms with van der Waals surface area (Å²) < 4.78 is 5.32. The topological polar surface area (TPSA) is 69.4 Å². The predicted molar refractivity (Wildman–Crippen MR) is 91.2 cm³/mol. The summed E-state index contributed by atoms with van der Waals surface area (Å²) in [6.07, 6.45) is -0.720. The van der Waals surface area contributed by atoms with Crippen molar-refractivity contribution in [2.75, 3.05) is 11.6 Å². The summed E-state index contributed by atoms with van der Waals surface area (Å²) in [6, 6.07) is 12.7. The van der Waals surface area contributed by atoms with Gasteiger partial charge in [-0.1, -0.05) is 11.6 Å². The SMILES string of the molecule is Nc1ccc(C(=O)O[C@H](CCCl)C(=O)c2ccc(Cl)cc2)cc1. The van der Waals surface area contributed by atoms with Gasteiger partial charge in [0, 0.05) is 28.6 Å². The average Bonchev–Trinajstić information content (AvgIpc) is 2.55. The van der Waals surface area contributed by atoms with E-state index < -0.39 is 12.1 Å². The Balaban J connectivity index is 2.14. The molecule has 2 rings (SSSR count). The molecule has 2 aromatic carbocycles. The molecule has 2 aromatic rings. The molecule has 0 amide bonds. The number of Topliss-reactive ketones (excluding diaryl/α,β-unsaturated/α-hetero) is 1. The number of alkyl halides is 1. The number of benzene rings is 2. The monoisotopic (exact) mass is 351 g/mol. The number of esters is 1. The number of nitrogens with two attached hydrogens (primary N) is 1. The molecule has 0 bridgehead atoms. The molecule has 0 aromatic heterocycles. The van der Waals surface area contributed by atoms with E-state index in [2.05, 4.69) is 0 Å². The molecule has 6 heteroatoms. The van der Waals surface area contributed by atoms with Gasteiger partial charge in [-0.3, -0.25) is 4.79 Å². The van der Waals surface area contributed by atoms with Gasteiger partial charge in [0.1, 0.15) is 0 Å². The van der Waals surface area contributed by atoms with Gasteiger partial charge in [-0.2, -0.15) is 0 Å². The Morgan fingerprint density at radius 1 is 1.00 bits per heavy atom. The Labute approximate surface area is 144 Å². The zero-order valence-electron chi connectivity index (χ0n) is 12.2. The number of rotatable bonds is 6. The van der Waals surface area contributed by atoms with Crippen molar-refractivity contribution in [2.45, 2.75) is 12.5 Å². The number of anilines is 1. The lowest BCUT2D eigenvalue weighted by atomic mass is 10.0. The maximum Gasteiger partial charge on any atom is 0.338 e. The molecule has 1 atom stereocenters. The number of nitrogen functional groups attached to an aromatic ring is 1. The highest BCUT2D eigenvalue weighted by atomic mass is 35.5. The molecule has 0 aliphatic heterocycles. The summed E-state index contributed by atoms with van der Waals surface area (Å²) in [6.45, 7) is 0. The summed E-state index contributed by atoms with van der Waals surface area (Å²) in [7, 11) is 0. The number of ether oxygens (including phenoxy) is 1. The first-order valence-corrected chi connectivity index (χ1v) is 7.85. The Bertz CT molecular complexity index is 684. The Morgan fingerprint density at radius 2 is 1.57 bits per heavy atom. The van der Waals surface area contributed by atoms with E-state index in [1.165, 1.54) is 0 Å². The third kappa shape index (κ3) is 4.71. The fraction of sp³-hybridized carbons (Fsp3) is 0.176. The van der Waals surface area contributed by atoms with E-state index in [1.54, 1.807) is 48.5 Å². The molecule has 0 spiro atoms. The molecule has 4 nitrogen and oxygen atoms in total. The first kappa shape index (κ1) is 17.3. The summed E-state index contributed by atoms with van der Waals surface area (Å²) >= 11 is 11.5. The summed E-state index contributed by atoms with van der Waals surface area (Å²) in [5.74, 6) is -0.715. The zero-order chi connectivity index (χ0) is 16.8. The molecule has 0 aliphatic rings. The predicted octanol–water partition coefficient (Wildman–Crippen LogP) is 3.96. The fourth-order valence-electron chi connectivity index (χ4n) is 1.96. The van der Waals surface area contributed by atoms with Gasteiger partial charge in [-0.15, -0.1) is 11.6 Å². The normalized spacial score (nSPS) is 11.7. The van der Waals surface area contributed by atoms with Gasteiger partial charge in [0.25, 0.3) is 0 Å². The van der Waals surface area contributed by atoms with Crippen LogP contribution in [-0.2, 0) is 4.74 Å². The molecule has 0 saturated carbocycles. The van der Waals surface area contributed by atoms with Gasteiger partial charge >= 0.3 is 5.97 Å². The van der Waals surface area contributed by atoms with Gasteiger partial charge < -0.3 is 10.5 Å². The second kappa shape index (κ2) is 7.99. The van der Waals surface area contributed by atoms with Crippen molar-refractivity contribution < 1.29 is 14.3 Å². The molecule has 0 fully saturated rings. The molecular formula is C17H15Cl2NO3. The van der Waals surface area contributed by atoms with Crippen LogP contribution < -0.4 is 5.73 Å². The van der Waals surface area contributed by atoms with Crippen LogP contribution in [0, 0.1) is 0 Å². The number of hydrogen-bond acceptors (Lipinski definition) is 4. The van der Waals surface area contributed by atoms with Crippen LogP contribution >= 0.6 is 23.2 Å². The van der Waals surface area contributed by atoms with Crippen LogP contribution in [0.15, 0.2) is 48.5 Å². The molecule has 0 saturated heterocycles. The molecule has 23 heavy (non-hydrogen) atoms. The Kier molecular flexibility index (Phi) is 6.02. The second-order valence-electron chi connectivity index (χ2n) is 4.86. The van der Waals surface area contributed by atoms with Crippen LogP contribution in [0.1, 0.15) is 27.1 Å². The van der Waals surface area contributed by atoms with Gasteiger partial charge in [0.15, 0.2) is 6.10 Å². The molecule has 120 valence electrons. The lowest BCUT2D eigenvalue weighted by Crippen LogP contribution is -2.28. The van der Waals surface area contributed by atoms with Crippen LogP contribution in [0.5, 0.6) is 0 Å². The lowest BCUT2D eigenvalue weighted by Gasteiger charge is -2.16. The van der Waals surface area contributed by atoms with Crippen LogP contribution in [0.4, 0.5) is 5.69 Å². The standard InChI is InChI=1S/C17H15Cl2NO3/c18-10-9-15(16(21)11-1-5-13(19)6-2-11)23-17(22)12-3-7-14(20)8-4-12/h1-8,15H,9-10,20H2/t15-/m1/s1. The fourth-order valence-corrected chi connectivity index (χ4v) is 2.28. The van der Waals surface area contributed by atoms with Gasteiger partial charge in [0.2, 0.25) is 5.78 Å². The smallest absolute Gasteiger partial charge is 0.338 e. The van der Waals surface area contributed by atoms with Crippen LogP contribution in [0.2, 0.25) is 5.02 Å². The molecular weight excluding hydrogens is 337 g/mol.